The van der Waals surface area contributed by atoms with E-state index in [4.69, 9.17) is 5.11 Å². The molecule has 2 amide bonds. The Hall–Kier alpha value is -4.86. The molecule has 0 saturated carbocycles. The number of anilines is 1. The van der Waals surface area contributed by atoms with E-state index in [-0.39, 0.29) is 23.2 Å². The SMILES string of the molecule is Cc1ncc(NC(=O)c2cnn(C(C)(C)C)c2-c2ccc(F)cc2)cc1C(=O)N1CCC(c2ccc(C(=O)O)cc2)CC1. The normalized spacial score (nSPS) is 14.0. The monoisotopic (exact) mass is 583 g/mol. The number of carboxylic acid groups (broad SMARTS) is 1. The van der Waals surface area contributed by atoms with Gasteiger partial charge in [0.15, 0.2) is 0 Å². The number of nitrogens with one attached hydrogen (secondary N) is 1. The van der Waals surface area contributed by atoms with Crippen molar-refractivity contribution < 1.29 is 23.9 Å². The van der Waals surface area contributed by atoms with E-state index in [0.717, 1.165) is 18.4 Å². The standard InChI is InChI=1S/C33H34FN5O4/c1-20-27(31(41)38-15-13-22(14-16-38)21-5-7-24(8-6-21)32(42)43)17-26(18-35-20)37-30(40)28-19-36-39(33(2,3)4)29(28)23-9-11-25(34)12-10-23/h5-12,17-19,22H,13-16H2,1-4H3,(H,37,40)(H,42,43). The summed E-state index contributed by atoms with van der Waals surface area (Å²) in [5, 5.41) is 16.5. The van der Waals surface area contributed by atoms with E-state index < -0.39 is 17.4 Å². The Kier molecular flexibility index (Phi) is 8.12. The number of carbonyl (C=O) groups excluding carboxylic acids is 2. The number of rotatable bonds is 6. The summed E-state index contributed by atoms with van der Waals surface area (Å²) in [6.45, 7) is 8.76. The lowest BCUT2D eigenvalue weighted by molar-refractivity contribution is 0.0691. The van der Waals surface area contributed by atoms with E-state index in [9.17, 15) is 18.8 Å². The molecule has 1 aliphatic rings. The number of hydrogen-bond acceptors (Lipinski definition) is 5. The fourth-order valence-corrected chi connectivity index (χ4v) is 5.41. The van der Waals surface area contributed by atoms with E-state index in [0.29, 0.717) is 46.9 Å². The lowest BCUT2D eigenvalue weighted by Crippen LogP contribution is -2.38. The lowest BCUT2D eigenvalue weighted by Gasteiger charge is -2.32. The number of likely N-dealkylation sites (tertiary alicyclic amines) is 1. The number of halogens is 1. The molecule has 0 radical (unpaired) electrons. The second-order valence-electron chi connectivity index (χ2n) is 11.8. The van der Waals surface area contributed by atoms with E-state index in [1.54, 1.807) is 46.8 Å². The number of carboxylic acids is 1. The Balaban J connectivity index is 1.32. The first-order valence-corrected chi connectivity index (χ1v) is 14.2. The van der Waals surface area contributed by atoms with Crippen LogP contribution in [0.2, 0.25) is 0 Å². The molecule has 2 aromatic carbocycles. The summed E-state index contributed by atoms with van der Waals surface area (Å²) in [6, 6.07) is 14.5. The van der Waals surface area contributed by atoms with E-state index >= 15 is 0 Å². The van der Waals surface area contributed by atoms with Crippen LogP contribution in [-0.2, 0) is 5.54 Å². The summed E-state index contributed by atoms with van der Waals surface area (Å²) < 4.78 is 15.4. The highest BCUT2D eigenvalue weighted by molar-refractivity contribution is 6.08. The fourth-order valence-electron chi connectivity index (χ4n) is 5.41. The molecule has 2 N–H and O–H groups in total. The zero-order valence-electron chi connectivity index (χ0n) is 24.6. The molecular weight excluding hydrogens is 549 g/mol. The van der Waals surface area contributed by atoms with Gasteiger partial charge in [-0.1, -0.05) is 12.1 Å². The predicted molar refractivity (Wildman–Crippen MR) is 161 cm³/mol. The number of pyridine rings is 1. The van der Waals surface area contributed by atoms with Gasteiger partial charge in [0, 0.05) is 18.7 Å². The van der Waals surface area contributed by atoms with Gasteiger partial charge in [0.1, 0.15) is 5.82 Å². The molecule has 0 aliphatic carbocycles. The average Bonchev–Trinajstić information content (AvgIpc) is 3.45. The number of hydrogen-bond donors (Lipinski definition) is 2. The number of aromatic carboxylic acids is 1. The predicted octanol–water partition coefficient (Wildman–Crippen LogP) is 6.12. The first-order valence-electron chi connectivity index (χ1n) is 14.2. The molecule has 0 atom stereocenters. The van der Waals surface area contributed by atoms with Crippen LogP contribution in [0.3, 0.4) is 0 Å². The Morgan fingerprint density at radius 1 is 0.953 bits per heavy atom. The Morgan fingerprint density at radius 3 is 2.21 bits per heavy atom. The fraction of sp³-hybridized carbons (Fsp3) is 0.303. The number of benzene rings is 2. The van der Waals surface area contributed by atoms with Crippen molar-refractivity contribution >= 4 is 23.5 Å². The maximum absolute atomic E-state index is 13.7. The number of piperidine rings is 1. The van der Waals surface area contributed by atoms with Crippen LogP contribution in [0.1, 0.15) is 81.9 Å². The summed E-state index contributed by atoms with van der Waals surface area (Å²) in [5.74, 6) is -1.68. The van der Waals surface area contributed by atoms with Crippen molar-refractivity contribution in [3.05, 3.63) is 101 Å². The number of aromatic nitrogens is 3. The van der Waals surface area contributed by atoms with Gasteiger partial charge in [0.25, 0.3) is 11.8 Å². The maximum atomic E-state index is 13.7. The highest BCUT2D eigenvalue weighted by atomic mass is 19.1. The molecule has 1 saturated heterocycles. The molecule has 1 aliphatic heterocycles. The van der Waals surface area contributed by atoms with Gasteiger partial charge in [-0.05, 0) is 94.5 Å². The maximum Gasteiger partial charge on any atom is 0.335 e. The van der Waals surface area contributed by atoms with Crippen LogP contribution in [0.4, 0.5) is 10.1 Å². The molecule has 2 aromatic heterocycles. The van der Waals surface area contributed by atoms with Gasteiger partial charge in [-0.2, -0.15) is 5.10 Å². The zero-order valence-corrected chi connectivity index (χ0v) is 24.6. The third-order valence-corrected chi connectivity index (χ3v) is 7.75. The van der Waals surface area contributed by atoms with Crippen LogP contribution >= 0.6 is 0 Å². The van der Waals surface area contributed by atoms with Crippen LogP contribution in [0.5, 0.6) is 0 Å². The van der Waals surface area contributed by atoms with Crippen LogP contribution < -0.4 is 5.32 Å². The van der Waals surface area contributed by atoms with Crippen molar-refractivity contribution in [2.24, 2.45) is 0 Å². The molecule has 1 fully saturated rings. The first-order chi connectivity index (χ1) is 20.4. The minimum absolute atomic E-state index is 0.159. The number of amides is 2. The topological polar surface area (TPSA) is 117 Å². The smallest absolute Gasteiger partial charge is 0.335 e. The van der Waals surface area contributed by atoms with Crippen LogP contribution in [0.25, 0.3) is 11.3 Å². The van der Waals surface area contributed by atoms with Crippen molar-refractivity contribution in [3.63, 3.8) is 0 Å². The molecule has 43 heavy (non-hydrogen) atoms. The highest BCUT2D eigenvalue weighted by Crippen LogP contribution is 2.31. The van der Waals surface area contributed by atoms with E-state index in [1.807, 2.05) is 32.9 Å². The highest BCUT2D eigenvalue weighted by Gasteiger charge is 2.28. The van der Waals surface area contributed by atoms with E-state index in [1.165, 1.54) is 24.5 Å². The van der Waals surface area contributed by atoms with Crippen LogP contribution in [0, 0.1) is 12.7 Å². The summed E-state index contributed by atoms with van der Waals surface area (Å²) >= 11 is 0. The molecular formula is C33H34FN5O4. The molecule has 0 unspecified atom stereocenters. The van der Waals surface area contributed by atoms with Gasteiger partial charge >= 0.3 is 5.97 Å². The minimum Gasteiger partial charge on any atom is -0.478 e. The van der Waals surface area contributed by atoms with Crippen LogP contribution in [0.15, 0.2) is 67.0 Å². The molecule has 10 heteroatoms. The first kappa shape index (κ1) is 29.6. The molecule has 9 nitrogen and oxygen atoms in total. The summed E-state index contributed by atoms with van der Waals surface area (Å²) in [7, 11) is 0. The number of carbonyl (C=O) groups is 3. The summed E-state index contributed by atoms with van der Waals surface area (Å²) in [4.78, 5) is 44.4. The van der Waals surface area contributed by atoms with Gasteiger partial charge in [-0.25, -0.2) is 9.18 Å². The van der Waals surface area contributed by atoms with Crippen molar-refractivity contribution in [2.45, 2.75) is 52.0 Å². The number of aryl methyl sites for hydroxylation is 1. The second-order valence-corrected chi connectivity index (χ2v) is 11.8. The lowest BCUT2D eigenvalue weighted by atomic mass is 9.88. The third-order valence-electron chi connectivity index (χ3n) is 7.75. The Bertz CT molecular complexity index is 1670. The molecule has 0 bridgehead atoms. The summed E-state index contributed by atoms with van der Waals surface area (Å²) in [5.41, 5.74) is 3.74. The van der Waals surface area contributed by atoms with Crippen LogP contribution in [-0.4, -0.2) is 55.6 Å². The minimum atomic E-state index is -0.956. The van der Waals surface area contributed by atoms with Gasteiger partial charge in [0.05, 0.1) is 51.7 Å². The molecule has 5 rings (SSSR count). The summed E-state index contributed by atoms with van der Waals surface area (Å²) in [6.07, 6.45) is 4.52. The van der Waals surface area contributed by atoms with Crippen molar-refractivity contribution in [1.82, 2.24) is 19.7 Å². The second kappa shape index (κ2) is 11.8. The average molecular weight is 584 g/mol. The number of nitrogens with zero attached hydrogens (tertiary/aromatic N) is 4. The molecule has 222 valence electrons. The molecule has 4 aromatic rings. The van der Waals surface area contributed by atoms with Crippen molar-refractivity contribution in [3.8, 4) is 11.3 Å². The third kappa shape index (κ3) is 6.33. The Labute approximate surface area is 249 Å². The van der Waals surface area contributed by atoms with Gasteiger partial charge in [-0.3, -0.25) is 19.3 Å². The molecule has 0 spiro atoms. The van der Waals surface area contributed by atoms with Gasteiger partial charge in [0.2, 0.25) is 0 Å². The zero-order chi connectivity index (χ0) is 30.9. The van der Waals surface area contributed by atoms with E-state index in [2.05, 4.69) is 15.4 Å². The Morgan fingerprint density at radius 2 is 1.60 bits per heavy atom. The quantitative estimate of drug-likeness (QED) is 0.283. The van der Waals surface area contributed by atoms with Gasteiger partial charge < -0.3 is 15.3 Å². The van der Waals surface area contributed by atoms with Crippen molar-refractivity contribution in [2.75, 3.05) is 18.4 Å². The largest absolute Gasteiger partial charge is 0.478 e. The van der Waals surface area contributed by atoms with Gasteiger partial charge in [-0.15, -0.1) is 0 Å². The van der Waals surface area contributed by atoms with Crippen molar-refractivity contribution in [1.29, 1.82) is 0 Å². The molecule has 3 heterocycles.